The summed E-state index contributed by atoms with van der Waals surface area (Å²) in [7, 11) is 0. The number of anilines is 1. The van der Waals surface area contributed by atoms with Gasteiger partial charge in [-0.05, 0) is 30.3 Å². The summed E-state index contributed by atoms with van der Waals surface area (Å²) in [6.45, 7) is 1.43. The highest BCUT2D eigenvalue weighted by Gasteiger charge is 2.15. The predicted octanol–water partition coefficient (Wildman–Crippen LogP) is 3.95. The highest BCUT2D eigenvalue weighted by Crippen LogP contribution is 2.30. The second-order valence-corrected chi connectivity index (χ2v) is 5.97. The van der Waals surface area contributed by atoms with Gasteiger partial charge in [0.25, 0.3) is 5.56 Å². The molecule has 1 amide bonds. The zero-order valence-electron chi connectivity index (χ0n) is 13.1. The van der Waals surface area contributed by atoms with Gasteiger partial charge in [-0.25, -0.2) is 4.98 Å². The molecular formula is C18H12ClN3O3. The van der Waals surface area contributed by atoms with E-state index >= 15 is 0 Å². The van der Waals surface area contributed by atoms with E-state index in [0.29, 0.717) is 38.6 Å². The molecule has 6 nitrogen and oxygen atoms in total. The fourth-order valence-electron chi connectivity index (χ4n) is 2.72. The Bertz CT molecular complexity index is 1190. The van der Waals surface area contributed by atoms with Crippen molar-refractivity contribution >= 4 is 45.3 Å². The minimum absolute atomic E-state index is 0.130. The van der Waals surface area contributed by atoms with Gasteiger partial charge < -0.3 is 14.7 Å². The van der Waals surface area contributed by atoms with Crippen LogP contribution in [0.2, 0.25) is 5.02 Å². The number of amides is 1. The number of carbonyl (C=O) groups excluding carboxylic acids is 1. The van der Waals surface area contributed by atoms with Gasteiger partial charge in [0.05, 0.1) is 5.02 Å². The highest BCUT2D eigenvalue weighted by atomic mass is 35.5. The van der Waals surface area contributed by atoms with E-state index in [-0.39, 0.29) is 11.5 Å². The number of halogens is 1. The average molecular weight is 354 g/mol. The molecule has 4 aromatic rings. The molecule has 2 heterocycles. The van der Waals surface area contributed by atoms with Crippen LogP contribution in [0.5, 0.6) is 0 Å². The highest BCUT2D eigenvalue weighted by molar-refractivity contribution is 6.33. The van der Waals surface area contributed by atoms with Crippen LogP contribution in [0.3, 0.4) is 0 Å². The van der Waals surface area contributed by atoms with Gasteiger partial charge in [0.2, 0.25) is 11.5 Å². The first-order valence-corrected chi connectivity index (χ1v) is 7.90. The van der Waals surface area contributed by atoms with Gasteiger partial charge >= 0.3 is 0 Å². The van der Waals surface area contributed by atoms with Gasteiger partial charge in [0.1, 0.15) is 16.9 Å². The lowest BCUT2D eigenvalue weighted by Crippen LogP contribution is -2.08. The van der Waals surface area contributed by atoms with Crippen LogP contribution >= 0.6 is 11.6 Å². The molecule has 0 saturated heterocycles. The van der Waals surface area contributed by atoms with Crippen molar-refractivity contribution in [2.75, 3.05) is 5.32 Å². The first kappa shape index (κ1) is 15.4. The van der Waals surface area contributed by atoms with E-state index in [1.807, 2.05) is 6.07 Å². The van der Waals surface area contributed by atoms with Crippen LogP contribution in [-0.2, 0) is 4.79 Å². The summed E-state index contributed by atoms with van der Waals surface area (Å²) < 4.78 is 5.61. The fourth-order valence-corrected chi connectivity index (χ4v) is 2.94. The Hall–Kier alpha value is -3.12. The second kappa shape index (κ2) is 5.75. The van der Waals surface area contributed by atoms with Crippen molar-refractivity contribution in [1.82, 2.24) is 9.97 Å². The van der Waals surface area contributed by atoms with E-state index < -0.39 is 5.56 Å². The van der Waals surface area contributed by atoms with E-state index in [2.05, 4.69) is 15.3 Å². The summed E-state index contributed by atoms with van der Waals surface area (Å²) in [5, 5.41) is 3.83. The maximum Gasteiger partial charge on any atom is 0.294 e. The van der Waals surface area contributed by atoms with Crippen LogP contribution in [0.25, 0.3) is 33.5 Å². The molecule has 2 aromatic carbocycles. The Morgan fingerprint density at radius 3 is 2.80 bits per heavy atom. The predicted molar refractivity (Wildman–Crippen MR) is 96.9 cm³/mol. The molecule has 2 aromatic heterocycles. The number of benzene rings is 2. The van der Waals surface area contributed by atoms with Crippen molar-refractivity contribution in [2.24, 2.45) is 0 Å². The third-order valence-electron chi connectivity index (χ3n) is 3.77. The average Bonchev–Trinajstić information content (AvgIpc) is 2.93. The van der Waals surface area contributed by atoms with Gasteiger partial charge in [0, 0.05) is 23.6 Å². The molecule has 124 valence electrons. The Morgan fingerprint density at radius 1 is 1.24 bits per heavy atom. The number of hydrogen-bond donors (Lipinski definition) is 2. The Kier molecular flexibility index (Phi) is 3.54. The third kappa shape index (κ3) is 2.66. The quantitative estimate of drug-likeness (QED) is 0.571. The molecule has 0 aliphatic heterocycles. The summed E-state index contributed by atoms with van der Waals surface area (Å²) in [5.41, 5.74) is 1.89. The first-order chi connectivity index (χ1) is 12.0. The minimum Gasteiger partial charge on any atom is -0.449 e. The lowest BCUT2D eigenvalue weighted by molar-refractivity contribution is -0.114. The molecule has 0 fully saturated rings. The number of fused-ring (bicyclic) bond motifs is 3. The molecule has 0 unspecified atom stereocenters. The molecule has 0 bridgehead atoms. The lowest BCUT2D eigenvalue weighted by atomic mass is 10.2. The molecule has 0 aliphatic carbocycles. The van der Waals surface area contributed by atoms with Gasteiger partial charge in [0.15, 0.2) is 0 Å². The SMILES string of the molecule is CC(=O)Nc1ccc2oc3c(=O)[nH]c(-c4ccccc4Cl)nc3c2c1. The summed E-state index contributed by atoms with van der Waals surface area (Å²) in [5.74, 6) is 0.172. The molecule has 0 saturated carbocycles. The van der Waals surface area contributed by atoms with Crippen LogP contribution in [0.4, 0.5) is 5.69 Å². The smallest absolute Gasteiger partial charge is 0.294 e. The van der Waals surface area contributed by atoms with Crippen molar-refractivity contribution < 1.29 is 9.21 Å². The largest absolute Gasteiger partial charge is 0.449 e. The monoisotopic (exact) mass is 353 g/mol. The van der Waals surface area contributed by atoms with Gasteiger partial charge in [-0.3, -0.25) is 9.59 Å². The van der Waals surface area contributed by atoms with Crippen molar-refractivity contribution in [3.63, 3.8) is 0 Å². The zero-order chi connectivity index (χ0) is 17.6. The molecule has 4 rings (SSSR count). The molecular weight excluding hydrogens is 342 g/mol. The number of hydrogen-bond acceptors (Lipinski definition) is 4. The van der Waals surface area contributed by atoms with E-state index in [1.165, 1.54) is 6.92 Å². The summed E-state index contributed by atoms with van der Waals surface area (Å²) in [6.07, 6.45) is 0. The summed E-state index contributed by atoms with van der Waals surface area (Å²) in [4.78, 5) is 30.9. The Morgan fingerprint density at radius 2 is 2.04 bits per heavy atom. The van der Waals surface area contributed by atoms with Gasteiger partial charge in [-0.2, -0.15) is 0 Å². The van der Waals surface area contributed by atoms with Crippen molar-refractivity contribution in [2.45, 2.75) is 6.92 Å². The van der Waals surface area contributed by atoms with Crippen molar-refractivity contribution in [1.29, 1.82) is 0 Å². The van der Waals surface area contributed by atoms with Crippen molar-refractivity contribution in [3.05, 3.63) is 57.8 Å². The first-order valence-electron chi connectivity index (χ1n) is 7.52. The molecule has 0 spiro atoms. The van der Waals surface area contributed by atoms with E-state index in [0.717, 1.165) is 0 Å². The summed E-state index contributed by atoms with van der Waals surface area (Å²) >= 11 is 6.20. The number of aromatic nitrogens is 2. The number of furan rings is 1. The minimum atomic E-state index is -0.391. The summed E-state index contributed by atoms with van der Waals surface area (Å²) in [6, 6.07) is 12.2. The van der Waals surface area contributed by atoms with E-state index in [4.69, 9.17) is 16.0 Å². The molecule has 25 heavy (non-hydrogen) atoms. The van der Waals surface area contributed by atoms with E-state index in [1.54, 1.807) is 36.4 Å². The Balaban J connectivity index is 2.00. The number of H-pyrrole nitrogens is 1. The second-order valence-electron chi connectivity index (χ2n) is 5.57. The molecule has 0 aliphatic rings. The normalized spacial score (nSPS) is 11.1. The van der Waals surface area contributed by atoms with Crippen LogP contribution in [0, 0.1) is 0 Å². The number of aromatic amines is 1. The third-order valence-corrected chi connectivity index (χ3v) is 4.10. The van der Waals surface area contributed by atoms with Gasteiger partial charge in [-0.15, -0.1) is 0 Å². The van der Waals surface area contributed by atoms with Gasteiger partial charge in [-0.1, -0.05) is 23.7 Å². The molecule has 0 radical (unpaired) electrons. The topological polar surface area (TPSA) is 88.0 Å². The zero-order valence-corrected chi connectivity index (χ0v) is 13.8. The number of nitrogens with zero attached hydrogens (tertiary/aromatic N) is 1. The molecule has 2 N–H and O–H groups in total. The number of nitrogens with one attached hydrogen (secondary N) is 2. The number of rotatable bonds is 2. The maximum absolute atomic E-state index is 12.4. The van der Waals surface area contributed by atoms with Crippen LogP contribution in [-0.4, -0.2) is 15.9 Å². The fraction of sp³-hybridized carbons (Fsp3) is 0.0556. The van der Waals surface area contributed by atoms with Crippen LogP contribution in [0.1, 0.15) is 6.92 Å². The van der Waals surface area contributed by atoms with Crippen LogP contribution in [0.15, 0.2) is 51.7 Å². The molecule has 0 atom stereocenters. The lowest BCUT2D eigenvalue weighted by Gasteiger charge is -2.03. The van der Waals surface area contributed by atoms with Crippen LogP contribution < -0.4 is 10.9 Å². The Labute approximate surface area is 146 Å². The van der Waals surface area contributed by atoms with Crippen molar-refractivity contribution in [3.8, 4) is 11.4 Å². The molecule has 7 heteroatoms. The maximum atomic E-state index is 12.4. The standard InChI is InChI=1S/C18H12ClN3O3/c1-9(23)20-10-6-7-14-12(8-10)15-16(25-14)18(24)22-17(21-15)11-4-2-3-5-13(11)19/h2-8H,1H3,(H,20,23)(H,21,22,24). The van der Waals surface area contributed by atoms with E-state index in [9.17, 15) is 9.59 Å². The number of carbonyl (C=O) groups is 1.